The Hall–Kier alpha value is -3.61. The largest absolute Gasteiger partial charge is 0.339 e. The number of nitrogens with one attached hydrogen (secondary N) is 1. The second-order valence-corrected chi connectivity index (χ2v) is 5.79. The fraction of sp³-hybridized carbons (Fsp3) is 0.0556. The van der Waals surface area contributed by atoms with Crippen molar-refractivity contribution in [3.8, 4) is 0 Å². The van der Waals surface area contributed by atoms with Gasteiger partial charge in [0.1, 0.15) is 11.3 Å². The zero-order valence-electron chi connectivity index (χ0n) is 13.4. The highest BCUT2D eigenvalue weighted by atomic mass is 15.2. The number of pyridine rings is 3. The molecule has 5 aromatic rings. The summed E-state index contributed by atoms with van der Waals surface area (Å²) in [4.78, 5) is 17.5. The summed E-state index contributed by atoms with van der Waals surface area (Å²) in [6.45, 7) is 1.96. The van der Waals surface area contributed by atoms with Gasteiger partial charge in [-0.1, -0.05) is 0 Å². The van der Waals surface area contributed by atoms with Gasteiger partial charge >= 0.3 is 0 Å². The Balaban J connectivity index is 1.86. The van der Waals surface area contributed by atoms with Crippen LogP contribution in [0.4, 0.5) is 11.5 Å². The third kappa shape index (κ3) is 2.17. The van der Waals surface area contributed by atoms with E-state index in [2.05, 4.69) is 20.3 Å². The molecule has 1 N–H and O–H groups in total. The molecule has 0 saturated carbocycles. The Labute approximate surface area is 142 Å². The summed E-state index contributed by atoms with van der Waals surface area (Å²) in [7, 11) is 0. The van der Waals surface area contributed by atoms with Crippen molar-refractivity contribution in [3.05, 3.63) is 61.1 Å². The molecular weight excluding hydrogens is 314 g/mol. The minimum absolute atomic E-state index is 0.738. The predicted octanol–water partition coefficient (Wildman–Crippen LogP) is 3.27. The highest BCUT2D eigenvalue weighted by Gasteiger charge is 2.15. The van der Waals surface area contributed by atoms with Crippen molar-refractivity contribution in [2.45, 2.75) is 6.92 Å². The molecule has 0 bridgehead atoms. The Bertz CT molecular complexity index is 1240. The Morgan fingerprint density at radius 1 is 1.04 bits per heavy atom. The topological polar surface area (TPSA) is 80.9 Å². The Morgan fingerprint density at radius 2 is 1.96 bits per heavy atom. The molecule has 0 aliphatic heterocycles. The molecule has 120 valence electrons. The molecule has 0 aromatic carbocycles. The van der Waals surface area contributed by atoms with Crippen molar-refractivity contribution >= 4 is 38.8 Å². The minimum atomic E-state index is 0.738. The summed E-state index contributed by atoms with van der Waals surface area (Å²) in [5.41, 5.74) is 4.45. The average Bonchev–Trinajstić information content (AvgIpc) is 3.02. The maximum absolute atomic E-state index is 4.80. The lowest BCUT2D eigenvalue weighted by Gasteiger charge is -2.09. The Kier molecular flexibility index (Phi) is 2.87. The zero-order valence-corrected chi connectivity index (χ0v) is 13.4. The predicted molar refractivity (Wildman–Crippen MR) is 95.8 cm³/mol. The molecule has 0 saturated heterocycles. The highest BCUT2D eigenvalue weighted by molar-refractivity contribution is 6.14. The number of aryl methyl sites for hydroxylation is 1. The third-order valence-electron chi connectivity index (χ3n) is 4.12. The maximum atomic E-state index is 4.80. The van der Waals surface area contributed by atoms with E-state index < -0.39 is 0 Å². The molecule has 0 aliphatic carbocycles. The van der Waals surface area contributed by atoms with Gasteiger partial charge in [-0.3, -0.25) is 15.0 Å². The van der Waals surface area contributed by atoms with Gasteiger partial charge in [-0.15, -0.1) is 0 Å². The zero-order chi connectivity index (χ0) is 16.8. The first-order chi connectivity index (χ1) is 12.3. The summed E-state index contributed by atoms with van der Waals surface area (Å²) in [6.07, 6.45) is 10.6. The van der Waals surface area contributed by atoms with Gasteiger partial charge in [0.15, 0.2) is 0 Å². The Morgan fingerprint density at radius 3 is 2.88 bits per heavy atom. The molecule has 5 rings (SSSR count). The smallest absolute Gasteiger partial charge is 0.142 e. The fourth-order valence-electron chi connectivity index (χ4n) is 3.02. The van der Waals surface area contributed by atoms with Gasteiger partial charge in [0, 0.05) is 47.8 Å². The maximum Gasteiger partial charge on any atom is 0.142 e. The van der Waals surface area contributed by atoms with Gasteiger partial charge in [0.2, 0.25) is 0 Å². The molecule has 0 spiro atoms. The van der Waals surface area contributed by atoms with Crippen LogP contribution in [0.5, 0.6) is 0 Å². The lowest BCUT2D eigenvalue weighted by atomic mass is 10.2. The van der Waals surface area contributed by atoms with Crippen LogP contribution in [-0.2, 0) is 0 Å². The molecule has 0 unspecified atom stereocenters. The van der Waals surface area contributed by atoms with Gasteiger partial charge in [-0.05, 0) is 25.1 Å². The molecule has 0 amide bonds. The lowest BCUT2D eigenvalue weighted by Crippen LogP contribution is -1.96. The molecule has 5 aromatic heterocycles. The fourth-order valence-corrected chi connectivity index (χ4v) is 3.02. The number of nitrogens with zero attached hydrogens (tertiary/aromatic N) is 6. The number of aromatic nitrogens is 6. The molecule has 0 radical (unpaired) electrons. The molecule has 0 atom stereocenters. The summed E-state index contributed by atoms with van der Waals surface area (Å²) < 4.78 is 1.81. The van der Waals surface area contributed by atoms with Gasteiger partial charge in [0.05, 0.1) is 22.6 Å². The van der Waals surface area contributed by atoms with Crippen molar-refractivity contribution in [2.75, 3.05) is 5.32 Å². The van der Waals surface area contributed by atoms with Gasteiger partial charge in [-0.2, -0.15) is 5.10 Å². The normalized spacial score (nSPS) is 11.4. The van der Waals surface area contributed by atoms with E-state index in [1.165, 1.54) is 0 Å². The average molecular weight is 327 g/mol. The number of rotatable bonds is 2. The molecule has 0 aliphatic rings. The summed E-state index contributed by atoms with van der Waals surface area (Å²) >= 11 is 0. The second-order valence-electron chi connectivity index (χ2n) is 5.79. The first kappa shape index (κ1) is 13.8. The summed E-state index contributed by atoms with van der Waals surface area (Å²) in [5.74, 6) is 0.738. The van der Waals surface area contributed by atoms with Crippen LogP contribution in [0.25, 0.3) is 27.3 Å². The van der Waals surface area contributed by atoms with E-state index in [1.807, 2.05) is 35.8 Å². The number of anilines is 2. The number of fused-ring (bicyclic) bond motifs is 5. The van der Waals surface area contributed by atoms with Crippen molar-refractivity contribution in [1.29, 1.82) is 0 Å². The van der Waals surface area contributed by atoms with Gasteiger partial charge in [0.25, 0.3) is 0 Å². The van der Waals surface area contributed by atoms with E-state index in [1.54, 1.807) is 31.0 Å². The van der Waals surface area contributed by atoms with Crippen LogP contribution in [0.1, 0.15) is 5.69 Å². The van der Waals surface area contributed by atoms with Crippen LogP contribution in [-0.4, -0.2) is 29.5 Å². The van der Waals surface area contributed by atoms with E-state index in [4.69, 9.17) is 10.1 Å². The van der Waals surface area contributed by atoms with Crippen LogP contribution in [0.3, 0.4) is 0 Å². The molecule has 7 heteroatoms. The quantitative estimate of drug-likeness (QED) is 0.536. The van der Waals surface area contributed by atoms with Gasteiger partial charge < -0.3 is 5.32 Å². The van der Waals surface area contributed by atoms with Crippen LogP contribution >= 0.6 is 0 Å². The molecule has 5 heterocycles. The van der Waals surface area contributed by atoms with Crippen molar-refractivity contribution in [1.82, 2.24) is 29.5 Å². The van der Waals surface area contributed by atoms with Crippen LogP contribution in [0, 0.1) is 6.92 Å². The second kappa shape index (κ2) is 5.20. The first-order valence-corrected chi connectivity index (χ1v) is 7.85. The number of hydrogen-bond acceptors (Lipinski definition) is 6. The SMILES string of the molecule is Cc1cc(Nc2nc3ccncc3c3nn4ccncc4c23)ccn1. The van der Waals surface area contributed by atoms with E-state index >= 15 is 0 Å². The molecular formula is C18H13N7. The highest BCUT2D eigenvalue weighted by Crippen LogP contribution is 2.32. The molecule has 7 nitrogen and oxygen atoms in total. The first-order valence-electron chi connectivity index (χ1n) is 7.85. The van der Waals surface area contributed by atoms with E-state index in [9.17, 15) is 0 Å². The van der Waals surface area contributed by atoms with E-state index in [0.29, 0.717) is 0 Å². The van der Waals surface area contributed by atoms with E-state index in [0.717, 1.165) is 44.5 Å². The van der Waals surface area contributed by atoms with E-state index in [-0.39, 0.29) is 0 Å². The third-order valence-corrected chi connectivity index (χ3v) is 4.12. The minimum Gasteiger partial charge on any atom is -0.339 e. The molecule has 0 fully saturated rings. The van der Waals surface area contributed by atoms with Crippen LogP contribution in [0.15, 0.2) is 55.4 Å². The lowest BCUT2D eigenvalue weighted by molar-refractivity contribution is 0.965. The standard InChI is InChI=1S/C18H13N7/c1-11-8-12(2-5-21-11)22-18-16-15-10-20-6-7-25(15)24-17(16)13-9-19-4-3-14(13)23-18/h2-10H,1H3,(H,21,22,23). The summed E-state index contributed by atoms with van der Waals surface area (Å²) in [5, 5.41) is 9.95. The van der Waals surface area contributed by atoms with Crippen molar-refractivity contribution < 1.29 is 0 Å². The van der Waals surface area contributed by atoms with Crippen LogP contribution < -0.4 is 5.32 Å². The molecule has 25 heavy (non-hydrogen) atoms. The summed E-state index contributed by atoms with van der Waals surface area (Å²) in [6, 6.07) is 5.79. The van der Waals surface area contributed by atoms with Crippen molar-refractivity contribution in [3.63, 3.8) is 0 Å². The number of hydrogen-bond donors (Lipinski definition) is 1. The van der Waals surface area contributed by atoms with Crippen LogP contribution in [0.2, 0.25) is 0 Å². The monoisotopic (exact) mass is 327 g/mol. The van der Waals surface area contributed by atoms with Gasteiger partial charge in [-0.25, -0.2) is 9.50 Å². The van der Waals surface area contributed by atoms with Crippen molar-refractivity contribution in [2.24, 2.45) is 0 Å².